The zero-order valence-corrected chi connectivity index (χ0v) is 16.6. The maximum atomic E-state index is 13.7. The minimum absolute atomic E-state index is 0.0427. The van der Waals surface area contributed by atoms with Crippen molar-refractivity contribution in [1.29, 1.82) is 0 Å². The number of nitrogens with zero attached hydrogens (tertiary/aromatic N) is 1. The molecule has 0 unspecified atom stereocenters. The topological polar surface area (TPSA) is 66.5 Å². The van der Waals surface area contributed by atoms with E-state index in [1.807, 2.05) is 0 Å². The Kier molecular flexibility index (Phi) is 6.28. The molecule has 1 amide bonds. The number of carbonyl (C=O) groups is 1. The van der Waals surface area contributed by atoms with Crippen LogP contribution in [0.2, 0.25) is 0 Å². The second-order valence-electron chi connectivity index (χ2n) is 7.01. The summed E-state index contributed by atoms with van der Waals surface area (Å²) in [6, 6.07) is 6.72. The monoisotopic (exact) mass is 426 g/mol. The Morgan fingerprint density at radius 3 is 2.21 bits per heavy atom. The molecule has 0 radical (unpaired) electrons. The molecular weight excluding hydrogens is 405 g/mol. The highest BCUT2D eigenvalue weighted by atomic mass is 32.2. The summed E-state index contributed by atoms with van der Waals surface area (Å²) in [4.78, 5) is 12.3. The van der Waals surface area contributed by atoms with Crippen LogP contribution in [0.25, 0.3) is 0 Å². The van der Waals surface area contributed by atoms with E-state index in [9.17, 15) is 26.4 Å². The van der Waals surface area contributed by atoms with Gasteiger partial charge in [0.1, 0.15) is 0 Å². The number of hydrogen-bond acceptors (Lipinski definition) is 3. The van der Waals surface area contributed by atoms with Gasteiger partial charge >= 0.3 is 0 Å². The van der Waals surface area contributed by atoms with Crippen molar-refractivity contribution in [3.05, 3.63) is 59.4 Å². The van der Waals surface area contributed by atoms with Crippen molar-refractivity contribution < 1.29 is 26.4 Å². The molecule has 1 fully saturated rings. The van der Waals surface area contributed by atoms with E-state index >= 15 is 0 Å². The summed E-state index contributed by atoms with van der Waals surface area (Å²) in [6.45, 7) is 0. The molecule has 0 saturated heterocycles. The van der Waals surface area contributed by atoms with Crippen molar-refractivity contribution in [3.63, 3.8) is 0 Å². The maximum Gasteiger partial charge on any atom is 0.255 e. The summed E-state index contributed by atoms with van der Waals surface area (Å²) in [6.07, 6.45) is 4.72. The molecule has 0 aromatic heterocycles. The Bertz CT molecular complexity index is 1000. The Morgan fingerprint density at radius 2 is 1.59 bits per heavy atom. The van der Waals surface area contributed by atoms with E-state index in [1.165, 1.54) is 28.6 Å². The number of nitrogens with one attached hydrogen (secondary N) is 1. The van der Waals surface area contributed by atoms with Crippen LogP contribution in [0.4, 0.5) is 18.9 Å². The van der Waals surface area contributed by atoms with Crippen molar-refractivity contribution in [1.82, 2.24) is 4.31 Å². The lowest BCUT2D eigenvalue weighted by atomic mass is 9.96. The van der Waals surface area contributed by atoms with E-state index in [2.05, 4.69) is 5.32 Å². The Morgan fingerprint density at radius 1 is 0.966 bits per heavy atom. The largest absolute Gasteiger partial charge is 0.319 e. The highest BCUT2D eigenvalue weighted by Crippen LogP contribution is 2.27. The fraction of sp³-hybridized carbons (Fsp3) is 0.350. The SMILES string of the molecule is CN(C1CCCCC1)S(=O)(=O)c1ccc(C(=O)Nc2ccc(F)c(F)c2F)cc1. The highest BCUT2D eigenvalue weighted by molar-refractivity contribution is 7.89. The molecule has 1 N–H and O–H groups in total. The fourth-order valence-electron chi connectivity index (χ4n) is 3.40. The molecule has 0 heterocycles. The Hall–Kier alpha value is -2.39. The molecule has 0 spiro atoms. The van der Waals surface area contributed by atoms with Gasteiger partial charge in [0.15, 0.2) is 17.5 Å². The molecular formula is C20H21F3N2O3S. The minimum Gasteiger partial charge on any atom is -0.319 e. The van der Waals surface area contributed by atoms with Crippen LogP contribution in [0.1, 0.15) is 42.5 Å². The Labute approximate surface area is 167 Å². The smallest absolute Gasteiger partial charge is 0.255 e. The third-order valence-corrected chi connectivity index (χ3v) is 7.09. The lowest BCUT2D eigenvalue weighted by Crippen LogP contribution is -2.38. The van der Waals surface area contributed by atoms with E-state index in [-0.39, 0.29) is 16.5 Å². The molecule has 1 saturated carbocycles. The number of sulfonamides is 1. The fourth-order valence-corrected chi connectivity index (χ4v) is 4.82. The van der Waals surface area contributed by atoms with Gasteiger partial charge in [-0.1, -0.05) is 19.3 Å². The number of carbonyl (C=O) groups excluding carboxylic acids is 1. The number of anilines is 1. The minimum atomic E-state index is -3.71. The molecule has 1 aliphatic carbocycles. The zero-order chi connectivity index (χ0) is 21.2. The van der Waals surface area contributed by atoms with Gasteiger partial charge in [0.25, 0.3) is 5.91 Å². The lowest BCUT2D eigenvalue weighted by Gasteiger charge is -2.30. The molecule has 2 aromatic rings. The third kappa shape index (κ3) is 4.45. The van der Waals surface area contributed by atoms with Gasteiger partial charge in [-0.25, -0.2) is 21.6 Å². The normalized spacial score (nSPS) is 15.5. The molecule has 5 nitrogen and oxygen atoms in total. The summed E-state index contributed by atoms with van der Waals surface area (Å²) in [5.41, 5.74) is -0.462. The summed E-state index contributed by atoms with van der Waals surface area (Å²) in [5.74, 6) is -5.33. The molecule has 9 heteroatoms. The molecule has 0 aliphatic heterocycles. The maximum absolute atomic E-state index is 13.7. The first kappa shape index (κ1) is 21.3. The van der Waals surface area contributed by atoms with Gasteiger partial charge in [0.2, 0.25) is 10.0 Å². The van der Waals surface area contributed by atoms with Gasteiger partial charge in [-0.15, -0.1) is 0 Å². The van der Waals surface area contributed by atoms with E-state index in [4.69, 9.17) is 0 Å². The number of halogens is 3. The molecule has 29 heavy (non-hydrogen) atoms. The lowest BCUT2D eigenvalue weighted by molar-refractivity contribution is 0.102. The van der Waals surface area contributed by atoms with Crippen molar-refractivity contribution in [2.24, 2.45) is 0 Å². The van der Waals surface area contributed by atoms with Crippen molar-refractivity contribution in [2.45, 2.75) is 43.0 Å². The van der Waals surface area contributed by atoms with E-state index in [0.29, 0.717) is 6.07 Å². The Balaban J connectivity index is 1.75. The predicted octanol–water partition coefficient (Wildman–Crippen LogP) is 4.31. The van der Waals surface area contributed by atoms with Crippen LogP contribution in [0.3, 0.4) is 0 Å². The van der Waals surface area contributed by atoms with Crippen LogP contribution < -0.4 is 5.32 Å². The first-order chi connectivity index (χ1) is 13.7. The van der Waals surface area contributed by atoms with Gasteiger partial charge in [-0.05, 0) is 49.2 Å². The van der Waals surface area contributed by atoms with Crippen molar-refractivity contribution >= 4 is 21.6 Å². The van der Waals surface area contributed by atoms with Gasteiger partial charge in [0.05, 0.1) is 10.6 Å². The van der Waals surface area contributed by atoms with Crippen molar-refractivity contribution in [2.75, 3.05) is 12.4 Å². The average molecular weight is 426 g/mol. The molecule has 0 bridgehead atoms. The van der Waals surface area contributed by atoms with Crippen LogP contribution in [0, 0.1) is 17.5 Å². The number of benzene rings is 2. The third-order valence-electron chi connectivity index (χ3n) is 5.17. The van der Waals surface area contributed by atoms with E-state index < -0.39 is 39.1 Å². The van der Waals surface area contributed by atoms with Gasteiger partial charge in [0, 0.05) is 18.7 Å². The van der Waals surface area contributed by atoms with Gasteiger partial charge in [-0.2, -0.15) is 4.31 Å². The van der Waals surface area contributed by atoms with Gasteiger partial charge < -0.3 is 5.32 Å². The van der Waals surface area contributed by atoms with Crippen LogP contribution >= 0.6 is 0 Å². The van der Waals surface area contributed by atoms with Crippen molar-refractivity contribution in [3.8, 4) is 0 Å². The predicted molar refractivity (Wildman–Crippen MR) is 103 cm³/mol. The second-order valence-corrected chi connectivity index (χ2v) is 9.01. The molecule has 0 atom stereocenters. The molecule has 2 aromatic carbocycles. The number of amides is 1. The molecule has 3 rings (SSSR count). The number of rotatable bonds is 5. The summed E-state index contributed by atoms with van der Waals surface area (Å²) >= 11 is 0. The average Bonchev–Trinajstić information content (AvgIpc) is 2.74. The van der Waals surface area contributed by atoms with Crippen LogP contribution in [0.5, 0.6) is 0 Å². The summed E-state index contributed by atoms with van der Waals surface area (Å²) in [5, 5.41) is 2.15. The summed E-state index contributed by atoms with van der Waals surface area (Å²) in [7, 11) is -2.15. The van der Waals surface area contributed by atoms with Gasteiger partial charge in [-0.3, -0.25) is 4.79 Å². The molecule has 156 valence electrons. The first-order valence-electron chi connectivity index (χ1n) is 9.25. The quantitative estimate of drug-likeness (QED) is 0.725. The number of hydrogen-bond donors (Lipinski definition) is 1. The van der Waals surface area contributed by atoms with E-state index in [1.54, 1.807) is 7.05 Å². The standard InChI is InChI=1S/C20H21F3N2O3S/c1-25(14-5-3-2-4-6-14)29(27,28)15-9-7-13(8-10-15)20(26)24-17-12-11-16(21)18(22)19(17)23/h7-12,14H,2-6H2,1H3,(H,24,26). The molecule has 1 aliphatic rings. The van der Waals surface area contributed by atoms with Crippen LogP contribution in [-0.4, -0.2) is 31.7 Å². The highest BCUT2D eigenvalue weighted by Gasteiger charge is 2.29. The van der Waals surface area contributed by atoms with Crippen LogP contribution in [0.15, 0.2) is 41.3 Å². The zero-order valence-electron chi connectivity index (χ0n) is 15.8. The van der Waals surface area contributed by atoms with E-state index in [0.717, 1.165) is 38.2 Å². The first-order valence-corrected chi connectivity index (χ1v) is 10.7. The van der Waals surface area contributed by atoms with Crippen LogP contribution in [-0.2, 0) is 10.0 Å². The summed E-state index contributed by atoms with van der Waals surface area (Å²) < 4.78 is 67.0. The second kappa shape index (κ2) is 8.54.